The van der Waals surface area contributed by atoms with Crippen LogP contribution in [0.5, 0.6) is 0 Å². The molecule has 0 radical (unpaired) electrons. The molecule has 0 aromatic rings. The fraction of sp³-hybridized carbons (Fsp3) is 1.00. The Morgan fingerprint density at radius 2 is 2.00 bits per heavy atom. The van der Waals surface area contributed by atoms with Crippen molar-refractivity contribution >= 4 is 0 Å². The van der Waals surface area contributed by atoms with Crippen LogP contribution in [0.2, 0.25) is 0 Å². The largest absolute Gasteiger partial charge is 0.378 e. The van der Waals surface area contributed by atoms with E-state index in [4.69, 9.17) is 10.5 Å². The summed E-state index contributed by atoms with van der Waals surface area (Å²) < 4.78 is 5.80. The predicted octanol–water partition coefficient (Wildman–Crippen LogP) is 2.25. The van der Waals surface area contributed by atoms with Crippen LogP contribution in [-0.4, -0.2) is 42.3 Å². The van der Waals surface area contributed by atoms with E-state index in [1.165, 1.54) is 13.0 Å². The predicted molar refractivity (Wildman–Crippen MR) is 75.5 cm³/mol. The minimum atomic E-state index is -0.0782. The molecule has 1 aliphatic heterocycles. The lowest BCUT2D eigenvalue weighted by molar-refractivity contribution is -0.156. The van der Waals surface area contributed by atoms with Gasteiger partial charge in [-0.05, 0) is 32.6 Å². The van der Waals surface area contributed by atoms with Gasteiger partial charge in [0.25, 0.3) is 0 Å². The van der Waals surface area contributed by atoms with Gasteiger partial charge in [0.2, 0.25) is 0 Å². The maximum atomic E-state index is 6.67. The lowest BCUT2D eigenvalue weighted by Crippen LogP contribution is -2.73. The Morgan fingerprint density at radius 1 is 1.33 bits per heavy atom. The van der Waals surface area contributed by atoms with Crippen molar-refractivity contribution in [2.24, 2.45) is 17.1 Å². The zero-order valence-electron chi connectivity index (χ0n) is 12.7. The van der Waals surface area contributed by atoms with E-state index in [0.717, 1.165) is 25.5 Å². The van der Waals surface area contributed by atoms with Gasteiger partial charge in [0.05, 0.1) is 6.10 Å². The molecule has 3 nitrogen and oxygen atoms in total. The number of hydrogen-bond donors (Lipinski definition) is 1. The van der Waals surface area contributed by atoms with Crippen LogP contribution in [0.15, 0.2) is 0 Å². The molecule has 3 heteroatoms. The molecular formula is C15H30N2O. The first-order valence-electron chi connectivity index (χ1n) is 7.44. The highest BCUT2D eigenvalue weighted by molar-refractivity contribution is 5.15. The van der Waals surface area contributed by atoms with Crippen molar-refractivity contribution in [1.29, 1.82) is 0 Å². The van der Waals surface area contributed by atoms with Gasteiger partial charge in [0.15, 0.2) is 0 Å². The van der Waals surface area contributed by atoms with Gasteiger partial charge in [-0.15, -0.1) is 0 Å². The smallest absolute Gasteiger partial charge is 0.0662 e. The summed E-state index contributed by atoms with van der Waals surface area (Å²) in [5.74, 6) is 0.814. The molecule has 18 heavy (non-hydrogen) atoms. The molecule has 0 bridgehead atoms. The lowest BCUT2D eigenvalue weighted by atomic mass is 9.54. The van der Waals surface area contributed by atoms with E-state index in [-0.39, 0.29) is 11.0 Å². The first-order valence-corrected chi connectivity index (χ1v) is 7.44. The zero-order valence-corrected chi connectivity index (χ0v) is 12.7. The number of hydrogen-bond acceptors (Lipinski definition) is 3. The number of nitrogens with two attached hydrogens (primary N) is 1. The zero-order chi connectivity index (χ0) is 13.6. The second-order valence-corrected chi connectivity index (χ2v) is 7.15. The van der Waals surface area contributed by atoms with Crippen LogP contribution in [0.4, 0.5) is 0 Å². The number of likely N-dealkylation sites (tertiary alicyclic amines) is 1. The third-order valence-corrected chi connectivity index (χ3v) is 5.40. The van der Waals surface area contributed by atoms with Gasteiger partial charge in [0.1, 0.15) is 0 Å². The fourth-order valence-corrected chi connectivity index (χ4v) is 3.74. The first kappa shape index (κ1) is 14.3. The van der Waals surface area contributed by atoms with Crippen molar-refractivity contribution in [2.45, 2.75) is 65.1 Å². The van der Waals surface area contributed by atoms with Gasteiger partial charge in [-0.1, -0.05) is 20.8 Å². The molecular weight excluding hydrogens is 224 g/mol. The summed E-state index contributed by atoms with van der Waals surface area (Å²) in [4.78, 5) is 2.58. The van der Waals surface area contributed by atoms with Crippen molar-refractivity contribution in [2.75, 3.05) is 19.7 Å². The third kappa shape index (κ3) is 2.21. The molecule has 0 aromatic heterocycles. The van der Waals surface area contributed by atoms with Crippen molar-refractivity contribution < 1.29 is 4.74 Å². The molecule has 4 atom stereocenters. The van der Waals surface area contributed by atoms with Crippen LogP contribution in [0.3, 0.4) is 0 Å². The van der Waals surface area contributed by atoms with Gasteiger partial charge < -0.3 is 10.5 Å². The molecule has 4 unspecified atom stereocenters. The van der Waals surface area contributed by atoms with Gasteiger partial charge in [-0.2, -0.15) is 0 Å². The Bertz CT molecular complexity index is 305. The summed E-state index contributed by atoms with van der Waals surface area (Å²) in [7, 11) is 0. The van der Waals surface area contributed by atoms with Crippen molar-refractivity contribution in [3.8, 4) is 0 Å². The van der Waals surface area contributed by atoms with Crippen LogP contribution in [0, 0.1) is 11.3 Å². The Hall–Kier alpha value is -0.120. The molecule has 1 heterocycles. The van der Waals surface area contributed by atoms with Gasteiger partial charge >= 0.3 is 0 Å². The van der Waals surface area contributed by atoms with E-state index < -0.39 is 0 Å². The van der Waals surface area contributed by atoms with Crippen molar-refractivity contribution in [3.63, 3.8) is 0 Å². The molecule has 2 fully saturated rings. The van der Waals surface area contributed by atoms with Gasteiger partial charge in [-0.3, -0.25) is 4.90 Å². The molecule has 1 aliphatic carbocycles. The second-order valence-electron chi connectivity index (χ2n) is 7.15. The summed E-state index contributed by atoms with van der Waals surface area (Å²) >= 11 is 0. The normalized spacial score (nSPS) is 44.0. The van der Waals surface area contributed by atoms with Crippen LogP contribution >= 0.6 is 0 Å². The average molecular weight is 254 g/mol. The van der Waals surface area contributed by atoms with Crippen molar-refractivity contribution in [1.82, 2.24) is 4.90 Å². The molecule has 2 aliphatic rings. The molecule has 0 spiro atoms. The monoisotopic (exact) mass is 254 g/mol. The molecule has 1 saturated heterocycles. The maximum absolute atomic E-state index is 6.67. The van der Waals surface area contributed by atoms with Gasteiger partial charge in [0, 0.05) is 36.7 Å². The summed E-state index contributed by atoms with van der Waals surface area (Å²) in [6, 6.07) is 0.683. The van der Waals surface area contributed by atoms with E-state index in [9.17, 15) is 0 Å². The minimum Gasteiger partial charge on any atom is -0.378 e. The number of ether oxygens (including phenoxy) is 1. The molecule has 2 rings (SSSR count). The minimum absolute atomic E-state index is 0.0782. The van der Waals surface area contributed by atoms with Gasteiger partial charge in [-0.25, -0.2) is 0 Å². The number of rotatable bonds is 4. The highest BCUT2D eigenvalue weighted by atomic mass is 16.5. The molecule has 1 saturated carbocycles. The van der Waals surface area contributed by atoms with Crippen LogP contribution < -0.4 is 5.73 Å². The topological polar surface area (TPSA) is 38.5 Å². The Labute approximate surface area is 112 Å². The maximum Gasteiger partial charge on any atom is 0.0662 e. The SMILES string of the molecule is CCOC1CC(N)(CN2CC(C)CC2C)C1(C)C. The average Bonchev–Trinajstić information content (AvgIpc) is 2.57. The number of nitrogens with zero attached hydrogens (tertiary/aromatic N) is 1. The standard InChI is InChI=1S/C15H30N2O/c1-6-18-13-8-15(16,14(13,4)5)10-17-9-11(2)7-12(17)3/h11-13H,6-10,16H2,1-5H3. The molecule has 0 aromatic carbocycles. The Balaban J connectivity index is 1.97. The molecule has 0 amide bonds. The first-order chi connectivity index (χ1) is 8.30. The second kappa shape index (κ2) is 4.77. The van der Waals surface area contributed by atoms with Crippen LogP contribution in [-0.2, 0) is 4.74 Å². The van der Waals surface area contributed by atoms with E-state index in [1.807, 2.05) is 0 Å². The van der Waals surface area contributed by atoms with Crippen LogP contribution in [0.25, 0.3) is 0 Å². The summed E-state index contributed by atoms with van der Waals surface area (Å²) in [5, 5.41) is 0. The lowest BCUT2D eigenvalue weighted by Gasteiger charge is -2.60. The summed E-state index contributed by atoms with van der Waals surface area (Å²) in [5.41, 5.74) is 6.68. The Morgan fingerprint density at radius 3 is 2.44 bits per heavy atom. The van der Waals surface area contributed by atoms with E-state index in [1.54, 1.807) is 0 Å². The quantitative estimate of drug-likeness (QED) is 0.836. The van der Waals surface area contributed by atoms with Crippen LogP contribution in [0.1, 0.15) is 47.5 Å². The van der Waals surface area contributed by atoms with E-state index in [2.05, 4.69) is 39.5 Å². The van der Waals surface area contributed by atoms with E-state index in [0.29, 0.717) is 12.1 Å². The summed E-state index contributed by atoms with van der Waals surface area (Å²) in [6.07, 6.45) is 2.65. The highest BCUT2D eigenvalue weighted by Gasteiger charge is 2.59. The van der Waals surface area contributed by atoms with E-state index >= 15 is 0 Å². The highest BCUT2D eigenvalue weighted by Crippen LogP contribution is 2.50. The molecule has 2 N–H and O–H groups in total. The third-order valence-electron chi connectivity index (χ3n) is 5.40. The fourth-order valence-electron chi connectivity index (χ4n) is 3.74. The Kier molecular flexibility index (Phi) is 3.79. The van der Waals surface area contributed by atoms with Crippen molar-refractivity contribution in [3.05, 3.63) is 0 Å². The molecule has 106 valence electrons. The summed E-state index contributed by atoms with van der Waals surface area (Å²) in [6.45, 7) is 14.3.